The molecular formula is C7H4FNO3. The van der Waals surface area contributed by atoms with Gasteiger partial charge in [-0.1, -0.05) is 0 Å². The summed E-state index contributed by atoms with van der Waals surface area (Å²) in [4.78, 5) is 23.5. The molecule has 0 amide bonds. The molecule has 0 unspecified atom stereocenters. The van der Waals surface area contributed by atoms with Crippen LogP contribution in [-0.4, -0.2) is 22.3 Å². The van der Waals surface area contributed by atoms with Gasteiger partial charge in [-0.25, -0.2) is 9.78 Å². The lowest BCUT2D eigenvalue weighted by Gasteiger charge is -1.94. The Labute approximate surface area is 66.7 Å². The summed E-state index contributed by atoms with van der Waals surface area (Å²) in [5.74, 6) is -2.34. The van der Waals surface area contributed by atoms with Gasteiger partial charge in [-0.2, -0.15) is 4.39 Å². The number of nitrogens with zero attached hydrogens (tertiary/aromatic N) is 1. The Kier molecular flexibility index (Phi) is 2.14. The maximum atomic E-state index is 12.4. The Bertz CT molecular complexity index is 337. The zero-order valence-corrected chi connectivity index (χ0v) is 5.82. The van der Waals surface area contributed by atoms with Crippen molar-refractivity contribution in [1.29, 1.82) is 0 Å². The van der Waals surface area contributed by atoms with Crippen molar-refractivity contribution in [2.75, 3.05) is 0 Å². The van der Waals surface area contributed by atoms with Crippen LogP contribution in [0.1, 0.15) is 20.8 Å². The molecule has 12 heavy (non-hydrogen) atoms. The fraction of sp³-hybridized carbons (Fsp3) is 0. The van der Waals surface area contributed by atoms with E-state index in [1.807, 2.05) is 0 Å². The minimum Gasteiger partial charge on any atom is -0.477 e. The van der Waals surface area contributed by atoms with E-state index in [1.165, 1.54) is 0 Å². The van der Waals surface area contributed by atoms with Crippen molar-refractivity contribution in [2.45, 2.75) is 0 Å². The lowest BCUT2D eigenvalue weighted by molar-refractivity contribution is 0.0689. The Morgan fingerprint density at radius 2 is 2.25 bits per heavy atom. The van der Waals surface area contributed by atoms with Gasteiger partial charge in [0.2, 0.25) is 5.95 Å². The van der Waals surface area contributed by atoms with E-state index in [1.54, 1.807) is 0 Å². The van der Waals surface area contributed by atoms with Gasteiger partial charge in [0, 0.05) is 11.6 Å². The van der Waals surface area contributed by atoms with Crippen LogP contribution in [0.25, 0.3) is 0 Å². The van der Waals surface area contributed by atoms with E-state index in [4.69, 9.17) is 5.11 Å². The van der Waals surface area contributed by atoms with Gasteiger partial charge in [0.15, 0.2) is 5.69 Å². The first kappa shape index (κ1) is 8.32. The highest BCUT2D eigenvalue weighted by Crippen LogP contribution is 2.02. The van der Waals surface area contributed by atoms with E-state index in [-0.39, 0.29) is 5.56 Å². The number of carboxylic acids is 1. The average molecular weight is 169 g/mol. The third-order valence-corrected chi connectivity index (χ3v) is 1.17. The molecule has 1 rings (SSSR count). The summed E-state index contributed by atoms with van der Waals surface area (Å²) < 4.78 is 12.4. The van der Waals surface area contributed by atoms with E-state index < -0.39 is 17.6 Å². The topological polar surface area (TPSA) is 67.3 Å². The Morgan fingerprint density at radius 1 is 1.58 bits per heavy atom. The second-order valence-electron chi connectivity index (χ2n) is 2.03. The van der Waals surface area contributed by atoms with Gasteiger partial charge in [0.25, 0.3) is 0 Å². The maximum Gasteiger partial charge on any atom is 0.354 e. The number of rotatable bonds is 2. The molecule has 0 aromatic carbocycles. The summed E-state index contributed by atoms with van der Waals surface area (Å²) in [6, 6.07) is 1.86. The quantitative estimate of drug-likeness (QED) is 0.523. The van der Waals surface area contributed by atoms with Crippen LogP contribution in [0.2, 0.25) is 0 Å². The number of carboxylic acid groups (broad SMARTS) is 1. The molecule has 0 saturated carbocycles. The zero-order chi connectivity index (χ0) is 9.14. The summed E-state index contributed by atoms with van der Waals surface area (Å²) >= 11 is 0. The number of pyridine rings is 1. The summed E-state index contributed by atoms with van der Waals surface area (Å²) in [5, 5.41) is 8.38. The zero-order valence-electron chi connectivity index (χ0n) is 5.82. The number of hydrogen-bond donors (Lipinski definition) is 1. The molecule has 0 spiro atoms. The van der Waals surface area contributed by atoms with Crippen LogP contribution < -0.4 is 0 Å². The van der Waals surface area contributed by atoms with E-state index in [2.05, 4.69) is 4.98 Å². The molecule has 4 nitrogen and oxygen atoms in total. The fourth-order valence-corrected chi connectivity index (χ4v) is 0.694. The SMILES string of the molecule is O=Cc1cc(F)nc(C(=O)O)c1. The summed E-state index contributed by atoms with van der Waals surface area (Å²) in [5.41, 5.74) is -0.517. The van der Waals surface area contributed by atoms with E-state index in [0.717, 1.165) is 12.1 Å². The molecule has 0 radical (unpaired) electrons. The minimum atomic E-state index is -1.36. The first-order valence-corrected chi connectivity index (χ1v) is 2.99. The number of aldehydes is 1. The molecule has 0 bridgehead atoms. The third-order valence-electron chi connectivity index (χ3n) is 1.17. The number of carbonyl (C=O) groups excluding carboxylic acids is 1. The maximum absolute atomic E-state index is 12.4. The van der Waals surface area contributed by atoms with Gasteiger partial charge in [-0.3, -0.25) is 4.79 Å². The summed E-state index contributed by atoms with van der Waals surface area (Å²) in [6.45, 7) is 0. The standard InChI is InChI=1S/C7H4FNO3/c8-6-2-4(3-10)1-5(9-6)7(11)12/h1-3H,(H,11,12). The molecule has 1 heterocycles. The first-order valence-electron chi connectivity index (χ1n) is 2.99. The van der Waals surface area contributed by atoms with Gasteiger partial charge in [-0.05, 0) is 6.07 Å². The predicted molar refractivity (Wildman–Crippen MR) is 36.5 cm³/mol. The van der Waals surface area contributed by atoms with Gasteiger partial charge in [0.1, 0.15) is 6.29 Å². The smallest absolute Gasteiger partial charge is 0.354 e. The minimum absolute atomic E-state index is 0.0418. The predicted octanol–water partition coefficient (Wildman–Crippen LogP) is 0.731. The lowest BCUT2D eigenvalue weighted by atomic mass is 10.2. The second-order valence-corrected chi connectivity index (χ2v) is 2.03. The number of halogens is 1. The molecule has 0 saturated heterocycles. The number of hydrogen-bond acceptors (Lipinski definition) is 3. The molecule has 0 atom stereocenters. The van der Waals surface area contributed by atoms with Crippen LogP contribution in [0, 0.1) is 5.95 Å². The van der Waals surface area contributed by atoms with Crippen LogP contribution >= 0.6 is 0 Å². The molecule has 1 N–H and O–H groups in total. The summed E-state index contributed by atoms with van der Waals surface area (Å²) in [7, 11) is 0. The Balaban J connectivity index is 3.23. The van der Waals surface area contributed by atoms with Crippen molar-refractivity contribution in [1.82, 2.24) is 4.98 Å². The lowest BCUT2D eigenvalue weighted by Crippen LogP contribution is -2.03. The first-order chi connectivity index (χ1) is 5.63. The third kappa shape index (κ3) is 1.63. The summed E-state index contributed by atoms with van der Waals surface area (Å²) in [6.07, 6.45) is 0.358. The van der Waals surface area contributed by atoms with Crippen LogP contribution in [0.15, 0.2) is 12.1 Å². The number of aromatic carboxylic acids is 1. The molecule has 1 aromatic heterocycles. The number of aromatic nitrogens is 1. The van der Waals surface area contributed by atoms with Crippen molar-refractivity contribution in [3.63, 3.8) is 0 Å². The van der Waals surface area contributed by atoms with Crippen molar-refractivity contribution >= 4 is 12.3 Å². The average Bonchev–Trinajstić information content (AvgIpc) is 2.03. The van der Waals surface area contributed by atoms with E-state index >= 15 is 0 Å². The van der Waals surface area contributed by atoms with E-state index in [0.29, 0.717) is 6.29 Å². The fourth-order valence-electron chi connectivity index (χ4n) is 0.694. The van der Waals surface area contributed by atoms with Crippen LogP contribution in [0.5, 0.6) is 0 Å². The molecule has 0 aliphatic rings. The molecule has 0 aliphatic carbocycles. The van der Waals surface area contributed by atoms with Gasteiger partial charge in [0.05, 0.1) is 0 Å². The normalized spacial score (nSPS) is 9.42. The highest BCUT2D eigenvalue weighted by Gasteiger charge is 2.07. The van der Waals surface area contributed by atoms with Crippen LogP contribution in [-0.2, 0) is 0 Å². The van der Waals surface area contributed by atoms with E-state index in [9.17, 15) is 14.0 Å². The Morgan fingerprint density at radius 3 is 2.75 bits per heavy atom. The van der Waals surface area contributed by atoms with Gasteiger partial charge in [-0.15, -0.1) is 0 Å². The van der Waals surface area contributed by atoms with Gasteiger partial charge >= 0.3 is 5.97 Å². The van der Waals surface area contributed by atoms with Gasteiger partial charge < -0.3 is 5.11 Å². The molecule has 62 valence electrons. The molecular weight excluding hydrogens is 165 g/mol. The molecule has 5 heteroatoms. The van der Waals surface area contributed by atoms with Crippen LogP contribution in [0.3, 0.4) is 0 Å². The number of carbonyl (C=O) groups is 2. The Hall–Kier alpha value is -1.78. The molecule has 1 aromatic rings. The van der Waals surface area contributed by atoms with Crippen molar-refractivity contribution in [3.05, 3.63) is 29.3 Å². The second kappa shape index (κ2) is 3.08. The highest BCUT2D eigenvalue weighted by molar-refractivity contribution is 5.87. The highest BCUT2D eigenvalue weighted by atomic mass is 19.1. The monoisotopic (exact) mass is 169 g/mol. The van der Waals surface area contributed by atoms with Crippen molar-refractivity contribution < 1.29 is 19.1 Å². The van der Waals surface area contributed by atoms with Crippen molar-refractivity contribution in [3.8, 4) is 0 Å². The largest absolute Gasteiger partial charge is 0.477 e. The van der Waals surface area contributed by atoms with Crippen molar-refractivity contribution in [2.24, 2.45) is 0 Å². The molecule has 0 aliphatic heterocycles. The molecule has 0 fully saturated rings. The van der Waals surface area contributed by atoms with Crippen LogP contribution in [0.4, 0.5) is 4.39 Å².